The van der Waals surface area contributed by atoms with Crippen LogP contribution in [0.1, 0.15) is 31.0 Å². The van der Waals surface area contributed by atoms with E-state index in [0.29, 0.717) is 12.0 Å². The number of aliphatic hydroxyl groups excluding tert-OH is 1. The minimum atomic E-state index is -0.135. The molecule has 0 amide bonds. The molecule has 1 aliphatic carbocycles. The second-order valence-electron chi connectivity index (χ2n) is 5.41. The Bertz CT molecular complexity index is 390. The lowest BCUT2D eigenvalue weighted by Gasteiger charge is -2.46. The molecule has 3 rings (SSSR count). The van der Waals surface area contributed by atoms with Crippen molar-refractivity contribution in [2.75, 3.05) is 13.1 Å². The molecule has 1 saturated heterocycles. The monoisotopic (exact) mass is 235 g/mol. The largest absolute Gasteiger partial charge is 0.393 e. The molecule has 2 N–H and O–H groups in total. The zero-order valence-corrected chi connectivity index (χ0v) is 10.4. The van der Waals surface area contributed by atoms with Gasteiger partial charge in [0.1, 0.15) is 0 Å². The summed E-state index contributed by atoms with van der Waals surface area (Å²) in [6.45, 7) is 4.43. The predicted molar refractivity (Wildman–Crippen MR) is 65.8 cm³/mol. The van der Waals surface area contributed by atoms with E-state index in [4.69, 9.17) is 0 Å². The average Bonchev–Trinajstić information content (AvgIpc) is 2.78. The molecule has 2 heterocycles. The first-order valence-electron chi connectivity index (χ1n) is 6.72. The molecular weight excluding hydrogens is 214 g/mol. The molecule has 0 radical (unpaired) electrons. The zero-order valence-electron chi connectivity index (χ0n) is 10.4. The molecule has 4 nitrogen and oxygen atoms in total. The van der Waals surface area contributed by atoms with E-state index in [-0.39, 0.29) is 6.10 Å². The molecule has 1 aromatic rings. The lowest BCUT2D eigenvalue weighted by atomic mass is 9.76. The van der Waals surface area contributed by atoms with Crippen LogP contribution in [0.4, 0.5) is 0 Å². The summed E-state index contributed by atoms with van der Waals surface area (Å²) in [5.74, 6) is 0.392. The number of likely N-dealkylation sites (tertiary alicyclic amines) is 1. The van der Waals surface area contributed by atoms with Crippen LogP contribution >= 0.6 is 0 Å². The number of nitrogens with one attached hydrogen (secondary N) is 1. The Hall–Kier alpha value is -0.870. The third kappa shape index (κ3) is 1.89. The van der Waals surface area contributed by atoms with E-state index < -0.39 is 0 Å². The highest BCUT2D eigenvalue weighted by atomic mass is 16.3. The van der Waals surface area contributed by atoms with Gasteiger partial charge in [-0.3, -0.25) is 10.00 Å². The lowest BCUT2D eigenvalue weighted by molar-refractivity contribution is -0.0209. The van der Waals surface area contributed by atoms with Gasteiger partial charge in [0.15, 0.2) is 0 Å². The smallest absolute Gasteiger partial charge is 0.0599 e. The van der Waals surface area contributed by atoms with Crippen molar-refractivity contribution in [3.8, 4) is 0 Å². The Morgan fingerprint density at radius 3 is 3.24 bits per heavy atom. The fourth-order valence-corrected chi connectivity index (χ4v) is 3.47. The highest BCUT2D eigenvalue weighted by Crippen LogP contribution is 2.34. The molecule has 0 saturated carbocycles. The Morgan fingerprint density at radius 2 is 2.41 bits per heavy atom. The van der Waals surface area contributed by atoms with E-state index in [1.54, 1.807) is 0 Å². The van der Waals surface area contributed by atoms with Gasteiger partial charge in [-0.2, -0.15) is 5.10 Å². The van der Waals surface area contributed by atoms with Crippen molar-refractivity contribution in [1.29, 1.82) is 0 Å². The molecule has 0 bridgehead atoms. The van der Waals surface area contributed by atoms with Gasteiger partial charge in [0, 0.05) is 24.2 Å². The first-order valence-corrected chi connectivity index (χ1v) is 6.72. The highest BCUT2D eigenvalue weighted by molar-refractivity contribution is 5.23. The van der Waals surface area contributed by atoms with E-state index in [9.17, 15) is 5.11 Å². The van der Waals surface area contributed by atoms with E-state index in [0.717, 1.165) is 32.4 Å². The molecule has 1 aromatic heterocycles. The molecule has 1 aliphatic heterocycles. The minimum Gasteiger partial charge on any atom is -0.393 e. The SMILES string of the molecule is CCCN1CCC(O)C2Cc3[nH]ncc3CC21. The van der Waals surface area contributed by atoms with Crippen molar-refractivity contribution < 1.29 is 5.11 Å². The fourth-order valence-electron chi connectivity index (χ4n) is 3.47. The second kappa shape index (κ2) is 4.42. The summed E-state index contributed by atoms with van der Waals surface area (Å²) >= 11 is 0. The summed E-state index contributed by atoms with van der Waals surface area (Å²) < 4.78 is 0. The molecule has 4 heteroatoms. The van der Waals surface area contributed by atoms with Crippen LogP contribution < -0.4 is 0 Å². The molecule has 3 atom stereocenters. The molecule has 17 heavy (non-hydrogen) atoms. The van der Waals surface area contributed by atoms with Crippen LogP contribution in [0.15, 0.2) is 6.20 Å². The number of H-pyrrole nitrogens is 1. The van der Waals surface area contributed by atoms with Gasteiger partial charge in [0.25, 0.3) is 0 Å². The van der Waals surface area contributed by atoms with Crippen LogP contribution in [-0.4, -0.2) is 45.4 Å². The zero-order chi connectivity index (χ0) is 11.8. The van der Waals surface area contributed by atoms with Gasteiger partial charge in [0.2, 0.25) is 0 Å². The first-order chi connectivity index (χ1) is 8.29. The van der Waals surface area contributed by atoms with Gasteiger partial charge >= 0.3 is 0 Å². The van der Waals surface area contributed by atoms with E-state index in [1.165, 1.54) is 17.7 Å². The van der Waals surface area contributed by atoms with Crippen molar-refractivity contribution in [2.45, 2.75) is 44.8 Å². The summed E-state index contributed by atoms with van der Waals surface area (Å²) in [4.78, 5) is 2.56. The summed E-state index contributed by atoms with van der Waals surface area (Å²) in [5.41, 5.74) is 2.59. The topological polar surface area (TPSA) is 52.1 Å². The van der Waals surface area contributed by atoms with Gasteiger partial charge in [-0.1, -0.05) is 6.92 Å². The number of hydrogen-bond donors (Lipinski definition) is 2. The van der Waals surface area contributed by atoms with Crippen LogP contribution in [-0.2, 0) is 12.8 Å². The quantitative estimate of drug-likeness (QED) is 0.803. The van der Waals surface area contributed by atoms with Crippen LogP contribution in [0.3, 0.4) is 0 Å². The summed E-state index contributed by atoms with van der Waals surface area (Å²) in [5, 5.41) is 17.4. The second-order valence-corrected chi connectivity index (χ2v) is 5.41. The van der Waals surface area contributed by atoms with Crippen molar-refractivity contribution in [2.24, 2.45) is 5.92 Å². The van der Waals surface area contributed by atoms with Crippen molar-refractivity contribution in [3.05, 3.63) is 17.5 Å². The first kappa shape index (κ1) is 11.2. The van der Waals surface area contributed by atoms with Crippen LogP contribution in [0, 0.1) is 5.92 Å². The Kier molecular flexibility index (Phi) is 2.92. The number of aromatic nitrogens is 2. The maximum absolute atomic E-state index is 10.2. The molecular formula is C13H21N3O. The number of hydrogen-bond acceptors (Lipinski definition) is 3. The van der Waals surface area contributed by atoms with Crippen LogP contribution in [0.2, 0.25) is 0 Å². The van der Waals surface area contributed by atoms with E-state index >= 15 is 0 Å². The molecule has 2 aliphatic rings. The number of nitrogens with zero attached hydrogens (tertiary/aromatic N) is 2. The van der Waals surface area contributed by atoms with Gasteiger partial charge in [0.05, 0.1) is 12.3 Å². The van der Waals surface area contributed by atoms with E-state index in [2.05, 4.69) is 22.0 Å². The van der Waals surface area contributed by atoms with E-state index in [1.807, 2.05) is 6.20 Å². The van der Waals surface area contributed by atoms with Gasteiger partial charge < -0.3 is 5.11 Å². The number of piperidine rings is 1. The molecule has 3 unspecified atom stereocenters. The number of aromatic amines is 1. The summed E-state index contributed by atoms with van der Waals surface area (Å²) in [7, 11) is 0. The predicted octanol–water partition coefficient (Wildman–Crippen LogP) is 0.970. The minimum absolute atomic E-state index is 0.135. The average molecular weight is 235 g/mol. The Labute approximate surface area is 102 Å². The highest BCUT2D eigenvalue weighted by Gasteiger charge is 2.40. The normalized spacial score (nSPS) is 33.2. The standard InChI is InChI=1S/C13H21N3O/c1-2-4-16-5-3-13(17)10-7-11-9(6-12(10)16)8-14-15-11/h8,10,12-13,17H,2-7H2,1H3,(H,14,15). The fraction of sp³-hybridized carbons (Fsp3) is 0.769. The maximum atomic E-state index is 10.2. The number of aliphatic hydroxyl groups is 1. The number of rotatable bonds is 2. The number of fused-ring (bicyclic) bond motifs is 2. The van der Waals surface area contributed by atoms with Crippen LogP contribution in [0.25, 0.3) is 0 Å². The van der Waals surface area contributed by atoms with Crippen molar-refractivity contribution in [3.63, 3.8) is 0 Å². The molecule has 1 fully saturated rings. The van der Waals surface area contributed by atoms with Gasteiger partial charge in [-0.05, 0) is 37.8 Å². The van der Waals surface area contributed by atoms with Crippen molar-refractivity contribution in [1.82, 2.24) is 15.1 Å². The Morgan fingerprint density at radius 1 is 1.53 bits per heavy atom. The molecule has 94 valence electrons. The third-order valence-electron chi connectivity index (χ3n) is 4.36. The molecule has 0 aromatic carbocycles. The Balaban J connectivity index is 1.85. The third-order valence-corrected chi connectivity index (χ3v) is 4.36. The van der Waals surface area contributed by atoms with Crippen molar-refractivity contribution >= 4 is 0 Å². The van der Waals surface area contributed by atoms with Crippen LogP contribution in [0.5, 0.6) is 0 Å². The maximum Gasteiger partial charge on any atom is 0.0599 e. The van der Waals surface area contributed by atoms with Gasteiger partial charge in [-0.25, -0.2) is 0 Å². The van der Waals surface area contributed by atoms with Gasteiger partial charge in [-0.15, -0.1) is 0 Å². The lowest BCUT2D eigenvalue weighted by Crippen LogP contribution is -2.54. The molecule has 0 spiro atoms. The summed E-state index contributed by atoms with van der Waals surface area (Å²) in [6, 6.07) is 0.517. The summed E-state index contributed by atoms with van der Waals surface area (Å²) in [6.07, 6.45) is 5.94.